The minimum absolute atomic E-state index is 0.234. The van der Waals surface area contributed by atoms with Gasteiger partial charge in [-0.15, -0.1) is 0 Å². The van der Waals surface area contributed by atoms with Crippen molar-refractivity contribution in [3.8, 4) is 0 Å². The fraction of sp³-hybridized carbons (Fsp3) is 0.235. The van der Waals surface area contributed by atoms with Gasteiger partial charge in [-0.2, -0.15) is 0 Å². The Morgan fingerprint density at radius 1 is 1.14 bits per heavy atom. The van der Waals surface area contributed by atoms with Gasteiger partial charge >= 0.3 is 0 Å². The molecule has 2 rings (SSSR count). The fourth-order valence-electron chi connectivity index (χ4n) is 2.03. The van der Waals surface area contributed by atoms with Crippen LogP contribution in [0.25, 0.3) is 0 Å². The molecule has 0 atom stereocenters. The molecule has 3 nitrogen and oxygen atoms in total. The Labute approximate surface area is 124 Å². The summed E-state index contributed by atoms with van der Waals surface area (Å²) in [7, 11) is 1.57. The van der Waals surface area contributed by atoms with Gasteiger partial charge in [-0.1, -0.05) is 19.1 Å². The normalized spacial score (nSPS) is 10.2. The Morgan fingerprint density at radius 3 is 2.43 bits per heavy atom. The van der Waals surface area contributed by atoms with Crippen LogP contribution in [0.4, 0.5) is 15.8 Å². The number of hydrogen-bond acceptors (Lipinski definition) is 2. The van der Waals surface area contributed by atoms with E-state index in [1.165, 1.54) is 11.0 Å². The first kappa shape index (κ1) is 15.0. The van der Waals surface area contributed by atoms with Crippen LogP contribution in [0.3, 0.4) is 0 Å². The van der Waals surface area contributed by atoms with Gasteiger partial charge in [0.25, 0.3) is 5.91 Å². The number of rotatable bonds is 5. The summed E-state index contributed by atoms with van der Waals surface area (Å²) in [5.74, 6) is -0.642. The summed E-state index contributed by atoms with van der Waals surface area (Å²) in [4.78, 5) is 13.7. The Bertz CT molecular complexity index is 610. The second-order valence-corrected chi connectivity index (χ2v) is 4.82. The zero-order valence-corrected chi connectivity index (χ0v) is 12.3. The summed E-state index contributed by atoms with van der Waals surface area (Å²) in [5, 5.41) is 3.25. The smallest absolute Gasteiger partial charge is 0.258 e. The van der Waals surface area contributed by atoms with Crippen LogP contribution in [-0.4, -0.2) is 19.5 Å². The summed E-state index contributed by atoms with van der Waals surface area (Å²) in [6, 6.07) is 13.5. The molecular weight excluding hydrogens is 267 g/mol. The largest absolute Gasteiger partial charge is 0.385 e. The van der Waals surface area contributed by atoms with Crippen LogP contribution in [0.5, 0.6) is 0 Å². The molecule has 4 heteroatoms. The van der Waals surface area contributed by atoms with E-state index >= 15 is 0 Å². The average molecular weight is 286 g/mol. The minimum atomic E-state index is -0.408. The summed E-state index contributed by atoms with van der Waals surface area (Å²) in [6.07, 6.45) is 1.04. The van der Waals surface area contributed by atoms with Crippen LogP contribution in [0.2, 0.25) is 0 Å². The molecular formula is C17H19FN2O. The van der Waals surface area contributed by atoms with Crippen molar-refractivity contribution in [1.29, 1.82) is 0 Å². The van der Waals surface area contributed by atoms with E-state index in [0.717, 1.165) is 18.7 Å². The third kappa shape index (κ3) is 3.60. The Morgan fingerprint density at radius 2 is 1.81 bits per heavy atom. The summed E-state index contributed by atoms with van der Waals surface area (Å²) in [5.41, 5.74) is 1.78. The molecule has 0 heterocycles. The molecule has 0 aromatic heterocycles. The van der Waals surface area contributed by atoms with E-state index < -0.39 is 5.82 Å². The first-order valence-electron chi connectivity index (χ1n) is 7.00. The fourth-order valence-corrected chi connectivity index (χ4v) is 2.03. The van der Waals surface area contributed by atoms with E-state index in [2.05, 4.69) is 12.2 Å². The maximum atomic E-state index is 13.7. The molecule has 1 N–H and O–H groups in total. The molecule has 0 saturated heterocycles. The molecule has 21 heavy (non-hydrogen) atoms. The van der Waals surface area contributed by atoms with E-state index in [4.69, 9.17) is 0 Å². The highest BCUT2D eigenvalue weighted by Crippen LogP contribution is 2.20. The SMILES string of the molecule is CCCNc1ccc(C(=O)N(C)c2ccccc2F)cc1. The van der Waals surface area contributed by atoms with E-state index in [0.29, 0.717) is 5.56 Å². The molecule has 0 aliphatic rings. The van der Waals surface area contributed by atoms with Crippen LogP contribution < -0.4 is 10.2 Å². The summed E-state index contributed by atoms with van der Waals surface area (Å²) in [6.45, 7) is 2.98. The first-order chi connectivity index (χ1) is 10.1. The molecule has 0 spiro atoms. The van der Waals surface area contributed by atoms with Crippen LogP contribution in [0.1, 0.15) is 23.7 Å². The van der Waals surface area contributed by atoms with Gasteiger partial charge in [0.2, 0.25) is 0 Å². The molecule has 1 amide bonds. The number of benzene rings is 2. The van der Waals surface area contributed by atoms with Gasteiger partial charge in [0, 0.05) is 24.8 Å². The predicted octanol–water partition coefficient (Wildman–Crippen LogP) is 3.92. The lowest BCUT2D eigenvalue weighted by molar-refractivity contribution is 0.0992. The third-order valence-electron chi connectivity index (χ3n) is 3.23. The number of nitrogens with zero attached hydrogens (tertiary/aromatic N) is 1. The molecule has 2 aromatic carbocycles. The quantitative estimate of drug-likeness (QED) is 0.903. The first-order valence-corrected chi connectivity index (χ1v) is 7.00. The monoisotopic (exact) mass is 286 g/mol. The molecule has 0 radical (unpaired) electrons. The van der Waals surface area contributed by atoms with E-state index in [1.54, 1.807) is 37.4 Å². The number of halogens is 1. The maximum absolute atomic E-state index is 13.7. The van der Waals surface area contributed by atoms with E-state index in [-0.39, 0.29) is 11.6 Å². The Balaban J connectivity index is 2.14. The molecule has 0 aliphatic heterocycles. The Hall–Kier alpha value is -2.36. The highest BCUT2D eigenvalue weighted by molar-refractivity contribution is 6.05. The molecule has 0 aliphatic carbocycles. The minimum Gasteiger partial charge on any atom is -0.385 e. The molecule has 0 fully saturated rings. The van der Waals surface area contributed by atoms with Crippen LogP contribution in [-0.2, 0) is 0 Å². The topological polar surface area (TPSA) is 32.3 Å². The zero-order valence-electron chi connectivity index (χ0n) is 12.3. The van der Waals surface area contributed by atoms with Crippen molar-refractivity contribution < 1.29 is 9.18 Å². The van der Waals surface area contributed by atoms with Crippen molar-refractivity contribution in [1.82, 2.24) is 0 Å². The van der Waals surface area contributed by atoms with Gasteiger partial charge < -0.3 is 10.2 Å². The third-order valence-corrected chi connectivity index (χ3v) is 3.23. The number of anilines is 2. The van der Waals surface area contributed by atoms with E-state index in [9.17, 15) is 9.18 Å². The van der Waals surface area contributed by atoms with Crippen molar-refractivity contribution >= 4 is 17.3 Å². The van der Waals surface area contributed by atoms with Crippen molar-refractivity contribution in [3.63, 3.8) is 0 Å². The number of hydrogen-bond donors (Lipinski definition) is 1. The molecule has 0 bridgehead atoms. The average Bonchev–Trinajstić information content (AvgIpc) is 2.52. The second-order valence-electron chi connectivity index (χ2n) is 4.82. The number of nitrogens with one attached hydrogen (secondary N) is 1. The van der Waals surface area contributed by atoms with Gasteiger partial charge in [0.15, 0.2) is 0 Å². The second kappa shape index (κ2) is 6.88. The molecule has 0 unspecified atom stereocenters. The van der Waals surface area contributed by atoms with Crippen LogP contribution in [0, 0.1) is 5.82 Å². The van der Waals surface area contributed by atoms with Crippen molar-refractivity contribution in [2.45, 2.75) is 13.3 Å². The van der Waals surface area contributed by atoms with Crippen LogP contribution in [0.15, 0.2) is 48.5 Å². The standard InChI is InChI=1S/C17H19FN2O/c1-3-12-19-14-10-8-13(9-11-14)17(21)20(2)16-7-5-4-6-15(16)18/h4-11,19H,3,12H2,1-2H3. The number of amides is 1. The van der Waals surface area contributed by atoms with Gasteiger partial charge in [-0.25, -0.2) is 4.39 Å². The zero-order chi connectivity index (χ0) is 15.2. The van der Waals surface area contributed by atoms with Crippen molar-refractivity contribution in [3.05, 3.63) is 59.9 Å². The van der Waals surface area contributed by atoms with Gasteiger partial charge in [-0.3, -0.25) is 4.79 Å². The summed E-state index contributed by atoms with van der Waals surface area (Å²) < 4.78 is 13.7. The predicted molar refractivity (Wildman–Crippen MR) is 84.4 cm³/mol. The van der Waals surface area contributed by atoms with E-state index in [1.807, 2.05) is 12.1 Å². The number of carbonyl (C=O) groups is 1. The summed E-state index contributed by atoms with van der Waals surface area (Å²) >= 11 is 0. The lowest BCUT2D eigenvalue weighted by atomic mass is 10.1. The molecule has 110 valence electrons. The van der Waals surface area contributed by atoms with Gasteiger partial charge in [0.05, 0.1) is 5.69 Å². The van der Waals surface area contributed by atoms with Crippen LogP contribution >= 0.6 is 0 Å². The lowest BCUT2D eigenvalue weighted by Gasteiger charge is -2.18. The lowest BCUT2D eigenvalue weighted by Crippen LogP contribution is -2.27. The molecule has 2 aromatic rings. The Kier molecular flexibility index (Phi) is 4.93. The van der Waals surface area contributed by atoms with Gasteiger partial charge in [0.1, 0.15) is 5.82 Å². The van der Waals surface area contributed by atoms with Crippen molar-refractivity contribution in [2.75, 3.05) is 23.8 Å². The highest BCUT2D eigenvalue weighted by Gasteiger charge is 2.16. The molecule has 0 saturated carbocycles. The van der Waals surface area contributed by atoms with Crippen molar-refractivity contribution in [2.24, 2.45) is 0 Å². The maximum Gasteiger partial charge on any atom is 0.258 e. The highest BCUT2D eigenvalue weighted by atomic mass is 19.1. The number of carbonyl (C=O) groups excluding carboxylic acids is 1. The van der Waals surface area contributed by atoms with Gasteiger partial charge in [-0.05, 0) is 42.8 Å². The number of para-hydroxylation sites is 1.